The zero-order valence-corrected chi connectivity index (χ0v) is 25.5. The van der Waals surface area contributed by atoms with E-state index in [1.165, 1.54) is 6.07 Å². The molecule has 4 rings (SSSR count). The van der Waals surface area contributed by atoms with Crippen LogP contribution in [0.1, 0.15) is 92.6 Å². The molecule has 0 aromatic heterocycles. The van der Waals surface area contributed by atoms with Gasteiger partial charge in [0, 0.05) is 22.8 Å². The van der Waals surface area contributed by atoms with Gasteiger partial charge in [-0.15, -0.1) is 0 Å². The zero-order valence-electron chi connectivity index (χ0n) is 24.7. The first-order valence-electron chi connectivity index (χ1n) is 14.4. The second-order valence-corrected chi connectivity index (χ2v) is 12.9. The molecule has 0 radical (unpaired) electrons. The highest BCUT2D eigenvalue weighted by atomic mass is 32.1. The minimum absolute atomic E-state index is 0.00595. The lowest BCUT2D eigenvalue weighted by Gasteiger charge is -2.27. The Kier molecular flexibility index (Phi) is 8.97. The van der Waals surface area contributed by atoms with E-state index < -0.39 is 10.7 Å². The van der Waals surface area contributed by atoms with Crippen molar-refractivity contribution in [3.63, 3.8) is 0 Å². The van der Waals surface area contributed by atoms with E-state index in [-0.39, 0.29) is 56.1 Å². The number of phenols is 2. The maximum atomic E-state index is 14.3. The Morgan fingerprint density at radius 1 is 0.780 bits per heavy atom. The number of rotatable bonds is 10. The van der Waals surface area contributed by atoms with E-state index in [1.807, 2.05) is 43.3 Å². The first-order chi connectivity index (χ1) is 19.3. The van der Waals surface area contributed by atoms with Crippen LogP contribution < -0.4 is 0 Å². The lowest BCUT2D eigenvalue weighted by molar-refractivity contribution is -0.385. The molecule has 0 saturated carbocycles. The van der Waals surface area contributed by atoms with E-state index in [9.17, 15) is 25.1 Å². The Morgan fingerprint density at radius 3 is 1.80 bits per heavy atom. The van der Waals surface area contributed by atoms with Gasteiger partial charge >= 0.3 is 0 Å². The van der Waals surface area contributed by atoms with Crippen molar-refractivity contribution in [3.05, 3.63) is 86.0 Å². The van der Waals surface area contributed by atoms with Crippen LogP contribution in [-0.2, 0) is 12.8 Å². The molecular weight excluding hydrogens is 534 g/mol. The summed E-state index contributed by atoms with van der Waals surface area (Å²) in [5.41, 5.74) is 2.07. The first-order valence-corrected chi connectivity index (χ1v) is 14.8. The van der Waals surface area contributed by atoms with Gasteiger partial charge in [-0.1, -0.05) is 84.1 Å². The number of phenolic OH excluding ortho intramolecular Hbond substituents is 2. The van der Waals surface area contributed by atoms with Gasteiger partial charge in [0.25, 0.3) is 5.69 Å². The summed E-state index contributed by atoms with van der Waals surface area (Å²) >= 11 is 5.84. The van der Waals surface area contributed by atoms with Crippen LogP contribution in [0.5, 0.6) is 11.5 Å². The molecule has 1 aliphatic carbocycles. The number of nitro benzene ring substituents is 1. The summed E-state index contributed by atoms with van der Waals surface area (Å²) in [5.74, 6) is 0.298. The molecule has 3 aromatic rings. The van der Waals surface area contributed by atoms with Crippen molar-refractivity contribution in [2.24, 2.45) is 23.7 Å². The van der Waals surface area contributed by atoms with Gasteiger partial charge < -0.3 is 10.2 Å². The topological polar surface area (TPSA) is 101 Å². The predicted octanol–water partition coefficient (Wildman–Crippen LogP) is 8.43. The molecule has 0 amide bonds. The van der Waals surface area contributed by atoms with Gasteiger partial charge in [0.05, 0.1) is 20.9 Å². The summed E-state index contributed by atoms with van der Waals surface area (Å²) in [4.78, 5) is 26.1. The lowest BCUT2D eigenvalue weighted by atomic mass is 9.76. The zero-order chi connectivity index (χ0) is 30.2. The second-order valence-electron chi connectivity index (χ2n) is 12.5. The third-order valence-corrected chi connectivity index (χ3v) is 8.22. The molecule has 0 fully saturated rings. The van der Waals surface area contributed by atoms with Gasteiger partial charge in [0.1, 0.15) is 11.5 Å². The Bertz CT molecular complexity index is 1510. The molecule has 1 aliphatic rings. The van der Waals surface area contributed by atoms with Gasteiger partial charge in [-0.3, -0.25) is 14.9 Å². The van der Waals surface area contributed by atoms with Crippen LogP contribution in [0.15, 0.2) is 42.5 Å². The summed E-state index contributed by atoms with van der Waals surface area (Å²) in [6.07, 6.45) is 2.75. The van der Waals surface area contributed by atoms with Crippen LogP contribution in [0.25, 0.3) is 11.1 Å². The second kappa shape index (κ2) is 12.1. The third kappa shape index (κ3) is 6.05. The smallest absolute Gasteiger partial charge is 0.279 e. The summed E-state index contributed by atoms with van der Waals surface area (Å²) in [7, 11) is 0. The number of aromatic hydroxyl groups is 2. The van der Waals surface area contributed by atoms with Gasteiger partial charge in [-0.2, -0.15) is 0 Å². The molecular formula is C34H39NO5S. The molecule has 0 bridgehead atoms. The van der Waals surface area contributed by atoms with Crippen molar-refractivity contribution in [2.75, 3.05) is 0 Å². The highest BCUT2D eigenvalue weighted by molar-refractivity contribution is 7.81. The van der Waals surface area contributed by atoms with Gasteiger partial charge in [-0.05, 0) is 72.1 Å². The highest BCUT2D eigenvalue weighted by Crippen LogP contribution is 2.47. The van der Waals surface area contributed by atoms with E-state index in [1.54, 1.807) is 0 Å². The van der Waals surface area contributed by atoms with Gasteiger partial charge in [-0.25, -0.2) is 0 Å². The number of carbonyl (C=O) groups excluding carboxylic acids is 1. The fourth-order valence-electron chi connectivity index (χ4n) is 6.43. The molecule has 2 N–H and O–H groups in total. The fourth-order valence-corrected chi connectivity index (χ4v) is 6.83. The summed E-state index contributed by atoms with van der Waals surface area (Å²) in [6.45, 7) is 12.6. The van der Waals surface area contributed by atoms with Crippen molar-refractivity contribution in [3.8, 4) is 22.6 Å². The maximum absolute atomic E-state index is 14.3. The number of hydrogen-bond donors (Lipinski definition) is 2. The summed E-state index contributed by atoms with van der Waals surface area (Å²) in [6, 6.07) is 12.6. The van der Waals surface area contributed by atoms with Crippen LogP contribution in [0, 0.1) is 33.8 Å². The first kappa shape index (κ1) is 30.4. The Morgan fingerprint density at radius 2 is 1.29 bits per heavy atom. The van der Waals surface area contributed by atoms with E-state index in [0.717, 1.165) is 18.4 Å². The average molecular weight is 574 g/mol. The number of ketones is 1. The van der Waals surface area contributed by atoms with Crippen LogP contribution >= 0.6 is 12.2 Å². The van der Waals surface area contributed by atoms with E-state index in [0.29, 0.717) is 41.4 Å². The number of fused-ring (bicyclic) bond motifs is 2. The molecule has 0 saturated heterocycles. The quantitative estimate of drug-likeness (QED) is 0.112. The van der Waals surface area contributed by atoms with Crippen molar-refractivity contribution in [2.45, 2.75) is 67.2 Å². The van der Waals surface area contributed by atoms with Crippen LogP contribution in [0.2, 0.25) is 0 Å². The number of carbonyl (C=O) groups is 1. The summed E-state index contributed by atoms with van der Waals surface area (Å²) in [5, 5.41) is 35.4. The van der Waals surface area contributed by atoms with E-state index in [2.05, 4.69) is 34.6 Å². The largest absolute Gasteiger partial charge is 0.507 e. The molecule has 216 valence electrons. The van der Waals surface area contributed by atoms with Crippen LogP contribution in [0.3, 0.4) is 0 Å². The van der Waals surface area contributed by atoms with E-state index in [4.69, 9.17) is 12.2 Å². The molecule has 0 spiro atoms. The molecule has 2 atom stereocenters. The molecule has 7 heteroatoms. The molecule has 41 heavy (non-hydrogen) atoms. The predicted molar refractivity (Wildman–Crippen MR) is 167 cm³/mol. The van der Waals surface area contributed by atoms with Crippen molar-refractivity contribution >= 4 is 28.6 Å². The standard InChI is InChI=1S/C34H39NO5S/c1-18(2)12-20(5)14-23-16-25(22-10-8-7-9-11-22)27-30(32(23)37)34(41)28-26(35(39)40)17-24(15-21(6)13-19(3)4)31(36)29(28)33(27)38/h7-11,16-21,36-37H,12-15H2,1-6H3. The molecule has 0 heterocycles. The Labute approximate surface area is 247 Å². The number of thiocarbonyl (C=S) groups is 1. The minimum Gasteiger partial charge on any atom is -0.507 e. The molecule has 0 aliphatic heterocycles. The van der Waals surface area contributed by atoms with Crippen LogP contribution in [0.4, 0.5) is 5.69 Å². The number of hydrogen-bond acceptors (Lipinski definition) is 6. The SMILES string of the molecule is CC(C)CC(C)Cc1cc(-c2ccccc2)c2c(c1O)C(=S)c1c([N+](=O)[O-])cc(CC(C)CC(C)C)c(O)c1C2=O. The monoisotopic (exact) mass is 573 g/mol. The third-order valence-electron chi connectivity index (χ3n) is 7.81. The van der Waals surface area contributed by atoms with Gasteiger partial charge in [0.15, 0.2) is 5.78 Å². The van der Waals surface area contributed by atoms with Gasteiger partial charge in [0.2, 0.25) is 0 Å². The molecule has 6 nitrogen and oxygen atoms in total. The number of nitro groups is 1. The number of nitrogens with zero attached hydrogens (tertiary/aromatic N) is 1. The fraction of sp³-hybridized carbons (Fsp3) is 0.412. The maximum Gasteiger partial charge on any atom is 0.279 e. The van der Waals surface area contributed by atoms with Crippen molar-refractivity contribution in [1.29, 1.82) is 0 Å². The normalized spacial score (nSPS) is 14.2. The van der Waals surface area contributed by atoms with Crippen molar-refractivity contribution < 1.29 is 19.9 Å². The van der Waals surface area contributed by atoms with E-state index >= 15 is 0 Å². The molecule has 3 aromatic carbocycles. The number of benzene rings is 3. The highest BCUT2D eigenvalue weighted by Gasteiger charge is 2.41. The minimum atomic E-state index is -0.571. The molecule has 2 unspecified atom stereocenters. The Hall–Kier alpha value is -3.58. The Balaban J connectivity index is 1.99. The van der Waals surface area contributed by atoms with Crippen LogP contribution in [-0.4, -0.2) is 25.8 Å². The average Bonchev–Trinajstić information content (AvgIpc) is 2.88. The summed E-state index contributed by atoms with van der Waals surface area (Å²) < 4.78 is 0. The lowest BCUT2D eigenvalue weighted by Crippen LogP contribution is -2.24. The van der Waals surface area contributed by atoms with Crippen molar-refractivity contribution in [1.82, 2.24) is 0 Å².